The second-order valence-corrected chi connectivity index (χ2v) is 8.77. The molecule has 194 valence electrons. The van der Waals surface area contributed by atoms with Crippen LogP contribution in [-0.2, 0) is 0 Å². The Bertz CT molecular complexity index is 975. The monoisotopic (exact) mass is 496 g/mol. The van der Waals surface area contributed by atoms with Crippen LogP contribution in [-0.4, -0.2) is 58.5 Å². The molecular formula is C26H36N6O4. The quantitative estimate of drug-likeness (QED) is 0.190. The molecule has 6 N–H and O–H groups in total. The number of carbonyl (C=O) groups is 4. The molecule has 10 heteroatoms. The van der Waals surface area contributed by atoms with E-state index in [0.29, 0.717) is 13.1 Å². The number of nitrogens with zero attached hydrogens (tertiary/aromatic N) is 2. The van der Waals surface area contributed by atoms with Crippen LogP contribution < -0.4 is 22.1 Å². The van der Waals surface area contributed by atoms with Gasteiger partial charge in [0.05, 0.1) is 34.3 Å². The van der Waals surface area contributed by atoms with Crippen LogP contribution in [0.15, 0.2) is 36.9 Å². The minimum absolute atomic E-state index is 0.185. The van der Waals surface area contributed by atoms with Gasteiger partial charge in [0.15, 0.2) is 11.6 Å². The topological polar surface area (TPSA) is 170 Å². The van der Waals surface area contributed by atoms with Gasteiger partial charge in [0.2, 0.25) is 11.8 Å². The zero-order chi connectivity index (χ0) is 26.5. The SMILES string of the molecule is CC(NCCCCCCCCNC(C)C(=O)c1cnccc1C(N)=O)C(=O)c1cnccc1C(N)=O. The van der Waals surface area contributed by atoms with Crippen LogP contribution >= 0.6 is 0 Å². The highest BCUT2D eigenvalue weighted by molar-refractivity contribution is 6.09. The maximum absolute atomic E-state index is 12.6. The molecule has 2 aromatic rings. The van der Waals surface area contributed by atoms with Gasteiger partial charge in [-0.25, -0.2) is 0 Å². The molecule has 2 atom stereocenters. The van der Waals surface area contributed by atoms with Gasteiger partial charge in [0.1, 0.15) is 0 Å². The van der Waals surface area contributed by atoms with Crippen molar-refractivity contribution in [2.24, 2.45) is 11.5 Å². The van der Waals surface area contributed by atoms with E-state index in [0.717, 1.165) is 38.5 Å². The van der Waals surface area contributed by atoms with E-state index < -0.39 is 23.9 Å². The van der Waals surface area contributed by atoms with Crippen molar-refractivity contribution in [1.29, 1.82) is 0 Å². The molecule has 2 aromatic heterocycles. The van der Waals surface area contributed by atoms with Crippen molar-refractivity contribution in [3.05, 3.63) is 59.2 Å². The lowest BCUT2D eigenvalue weighted by Crippen LogP contribution is -2.36. The number of carbonyl (C=O) groups excluding carboxylic acids is 4. The predicted octanol–water partition coefficient (Wildman–Crippen LogP) is 2.04. The number of pyridine rings is 2. The third-order valence-corrected chi connectivity index (χ3v) is 6.00. The first kappa shape index (κ1) is 28.7. The standard InChI is InChI=1S/C26H36N6O4/c1-17(23(33)21-15-29-13-9-19(21)25(27)35)31-11-7-5-3-4-6-8-12-32-18(2)24(34)22-16-30-14-10-20(22)26(28)36/h9-10,13-18,31-32H,3-8,11-12H2,1-2H3,(H2,27,35)(H2,28,36). The summed E-state index contributed by atoms with van der Waals surface area (Å²) in [5.74, 6) is -1.69. The number of rotatable bonds is 17. The Morgan fingerprint density at radius 3 is 1.39 bits per heavy atom. The number of aromatic nitrogens is 2. The number of amides is 2. The third kappa shape index (κ3) is 8.62. The number of primary amides is 2. The molecule has 2 heterocycles. The summed E-state index contributed by atoms with van der Waals surface area (Å²) in [4.78, 5) is 56.1. The fourth-order valence-electron chi connectivity index (χ4n) is 3.86. The Morgan fingerprint density at radius 1 is 0.667 bits per heavy atom. The van der Waals surface area contributed by atoms with E-state index in [1.807, 2.05) is 0 Å². The maximum atomic E-state index is 12.6. The van der Waals surface area contributed by atoms with Crippen LogP contribution in [0.1, 0.15) is 93.8 Å². The summed E-state index contributed by atoms with van der Waals surface area (Å²) in [7, 11) is 0. The van der Waals surface area contributed by atoms with Crippen molar-refractivity contribution < 1.29 is 19.2 Å². The van der Waals surface area contributed by atoms with Crippen molar-refractivity contribution in [1.82, 2.24) is 20.6 Å². The lowest BCUT2D eigenvalue weighted by atomic mass is 10.0. The first-order valence-corrected chi connectivity index (χ1v) is 12.3. The van der Waals surface area contributed by atoms with E-state index in [-0.39, 0.29) is 33.8 Å². The van der Waals surface area contributed by atoms with Crippen LogP contribution in [0.25, 0.3) is 0 Å². The molecule has 0 bridgehead atoms. The van der Waals surface area contributed by atoms with E-state index >= 15 is 0 Å². The normalized spacial score (nSPS) is 12.6. The molecule has 0 aliphatic heterocycles. The molecular weight excluding hydrogens is 460 g/mol. The third-order valence-electron chi connectivity index (χ3n) is 6.00. The highest BCUT2D eigenvalue weighted by Gasteiger charge is 2.21. The Balaban J connectivity index is 1.57. The summed E-state index contributed by atoms with van der Waals surface area (Å²) in [6.45, 7) is 4.92. The van der Waals surface area contributed by atoms with Gasteiger partial charge >= 0.3 is 0 Å². The molecule has 0 saturated carbocycles. The Morgan fingerprint density at radius 2 is 1.03 bits per heavy atom. The zero-order valence-electron chi connectivity index (χ0n) is 21.0. The van der Waals surface area contributed by atoms with Gasteiger partial charge in [-0.1, -0.05) is 25.7 Å². The highest BCUT2D eigenvalue weighted by Crippen LogP contribution is 2.11. The van der Waals surface area contributed by atoms with Gasteiger partial charge in [-0.15, -0.1) is 0 Å². The first-order chi connectivity index (χ1) is 17.2. The van der Waals surface area contributed by atoms with Crippen molar-refractivity contribution in [2.45, 2.75) is 64.5 Å². The van der Waals surface area contributed by atoms with Gasteiger partial charge in [0, 0.05) is 24.8 Å². The van der Waals surface area contributed by atoms with Crippen LogP contribution in [0.4, 0.5) is 0 Å². The van der Waals surface area contributed by atoms with E-state index in [1.54, 1.807) is 13.8 Å². The second-order valence-electron chi connectivity index (χ2n) is 8.77. The number of hydrogen-bond donors (Lipinski definition) is 4. The van der Waals surface area contributed by atoms with Crippen molar-refractivity contribution in [2.75, 3.05) is 13.1 Å². The lowest BCUT2D eigenvalue weighted by Gasteiger charge is -2.14. The van der Waals surface area contributed by atoms with Crippen LogP contribution in [0, 0.1) is 0 Å². The summed E-state index contributed by atoms with van der Waals surface area (Å²) >= 11 is 0. The van der Waals surface area contributed by atoms with Crippen molar-refractivity contribution >= 4 is 23.4 Å². The Kier molecular flexibility index (Phi) is 11.8. The van der Waals surface area contributed by atoms with E-state index in [4.69, 9.17) is 11.5 Å². The van der Waals surface area contributed by atoms with E-state index in [9.17, 15) is 19.2 Å². The summed E-state index contributed by atoms with van der Waals surface area (Å²) < 4.78 is 0. The Labute approximate surface area is 211 Å². The molecule has 0 saturated heterocycles. The summed E-state index contributed by atoms with van der Waals surface area (Å²) in [5, 5.41) is 6.40. The molecule has 0 radical (unpaired) electrons. The molecule has 2 rings (SSSR count). The summed E-state index contributed by atoms with van der Waals surface area (Å²) in [6.07, 6.45) is 11.7. The largest absolute Gasteiger partial charge is 0.366 e. The molecule has 0 spiro atoms. The van der Waals surface area contributed by atoms with Crippen molar-refractivity contribution in [3.63, 3.8) is 0 Å². The zero-order valence-corrected chi connectivity index (χ0v) is 21.0. The summed E-state index contributed by atoms with van der Waals surface area (Å²) in [6, 6.07) is 2.04. The predicted molar refractivity (Wildman–Crippen MR) is 137 cm³/mol. The fourth-order valence-corrected chi connectivity index (χ4v) is 3.86. The Hall–Kier alpha value is -3.50. The molecule has 0 aliphatic rings. The lowest BCUT2D eigenvalue weighted by molar-refractivity contribution is 0.0932. The summed E-state index contributed by atoms with van der Waals surface area (Å²) in [5.41, 5.74) is 11.5. The van der Waals surface area contributed by atoms with Crippen LogP contribution in [0.2, 0.25) is 0 Å². The van der Waals surface area contributed by atoms with Crippen LogP contribution in [0.5, 0.6) is 0 Å². The highest BCUT2D eigenvalue weighted by atomic mass is 16.2. The molecule has 0 aromatic carbocycles. The van der Waals surface area contributed by atoms with Gasteiger partial charge < -0.3 is 22.1 Å². The second kappa shape index (κ2) is 14.8. The average Bonchev–Trinajstić information content (AvgIpc) is 2.88. The number of unbranched alkanes of at least 4 members (excludes halogenated alkanes) is 5. The van der Waals surface area contributed by atoms with Gasteiger partial charge in [-0.05, 0) is 51.9 Å². The minimum Gasteiger partial charge on any atom is -0.366 e. The molecule has 2 unspecified atom stereocenters. The number of hydrogen-bond acceptors (Lipinski definition) is 8. The van der Waals surface area contributed by atoms with E-state index in [1.165, 1.54) is 36.9 Å². The number of ketones is 2. The van der Waals surface area contributed by atoms with Gasteiger partial charge in [-0.2, -0.15) is 0 Å². The maximum Gasteiger partial charge on any atom is 0.249 e. The molecule has 10 nitrogen and oxygen atoms in total. The van der Waals surface area contributed by atoms with E-state index in [2.05, 4.69) is 20.6 Å². The van der Waals surface area contributed by atoms with Gasteiger partial charge in [-0.3, -0.25) is 29.1 Å². The number of nitrogens with two attached hydrogens (primary N) is 2. The van der Waals surface area contributed by atoms with Gasteiger partial charge in [0.25, 0.3) is 0 Å². The van der Waals surface area contributed by atoms with Crippen molar-refractivity contribution in [3.8, 4) is 0 Å². The average molecular weight is 497 g/mol. The smallest absolute Gasteiger partial charge is 0.249 e. The molecule has 36 heavy (non-hydrogen) atoms. The van der Waals surface area contributed by atoms with Crippen LogP contribution in [0.3, 0.4) is 0 Å². The minimum atomic E-state index is -0.644. The molecule has 2 amide bonds. The fraction of sp³-hybridized carbons (Fsp3) is 0.462. The number of nitrogens with one attached hydrogen (secondary N) is 2. The first-order valence-electron chi connectivity index (χ1n) is 12.3. The number of Topliss-reactive ketones (excluding diaryl/α,β-unsaturated/α-hetero) is 2. The molecule has 0 aliphatic carbocycles. The molecule has 0 fully saturated rings.